The highest BCUT2D eigenvalue weighted by Gasteiger charge is 2.58. The first kappa shape index (κ1) is 53.3. The maximum atomic E-state index is 4.61. The van der Waals surface area contributed by atoms with Crippen LogP contribution in [0.2, 0.25) is 0 Å². The van der Waals surface area contributed by atoms with E-state index in [4.69, 9.17) is 0 Å². The third kappa shape index (κ3) is 8.41. The Bertz CT molecular complexity index is 4240. The molecule has 420 valence electrons. The van der Waals surface area contributed by atoms with Crippen LogP contribution in [0, 0.1) is 5.92 Å². The van der Waals surface area contributed by atoms with Gasteiger partial charge in [0.15, 0.2) is 0 Å². The molecule has 4 heterocycles. The van der Waals surface area contributed by atoms with Gasteiger partial charge in [0.05, 0.1) is 11.2 Å². The predicted octanol–water partition coefficient (Wildman–Crippen LogP) is 19.7. The first-order valence-corrected chi connectivity index (χ1v) is 31.5. The Hall–Kier alpha value is -8.41. The summed E-state index contributed by atoms with van der Waals surface area (Å²) in [6, 6.07) is 79.7. The molecule has 0 N–H and O–H groups in total. The van der Waals surface area contributed by atoms with E-state index in [1.807, 2.05) is 12.4 Å². The summed E-state index contributed by atoms with van der Waals surface area (Å²) >= 11 is 0. The third-order valence-corrected chi connectivity index (χ3v) is 21.1. The van der Waals surface area contributed by atoms with Gasteiger partial charge >= 0.3 is 0 Å². The van der Waals surface area contributed by atoms with Crippen LogP contribution >= 0.6 is 0 Å². The Morgan fingerprint density at radius 3 is 1.80 bits per heavy atom. The molecule has 1 aromatic heterocycles. The smallest absolute Gasteiger partial charge is 0.252 e. The van der Waals surface area contributed by atoms with Crippen LogP contribution in [0.3, 0.4) is 0 Å². The van der Waals surface area contributed by atoms with Crippen molar-refractivity contribution in [3.63, 3.8) is 0 Å². The van der Waals surface area contributed by atoms with Crippen molar-refractivity contribution in [1.82, 2.24) is 4.98 Å². The molecule has 85 heavy (non-hydrogen) atoms. The van der Waals surface area contributed by atoms with E-state index in [9.17, 15) is 0 Å². The zero-order valence-corrected chi connectivity index (χ0v) is 51.0. The maximum absolute atomic E-state index is 4.61. The Labute approximate surface area is 505 Å². The van der Waals surface area contributed by atoms with E-state index < -0.39 is 0 Å². The molecule has 10 aromatic rings. The van der Waals surface area contributed by atoms with E-state index in [0.717, 1.165) is 30.5 Å². The van der Waals surface area contributed by atoms with Gasteiger partial charge in [-0.2, -0.15) is 0 Å². The Kier molecular flexibility index (Phi) is 12.5. The van der Waals surface area contributed by atoms with Gasteiger partial charge in [0.1, 0.15) is 0 Å². The molecule has 0 spiro atoms. The van der Waals surface area contributed by atoms with Crippen LogP contribution in [0.4, 0.5) is 45.5 Å². The Morgan fingerprint density at radius 2 is 1.11 bits per heavy atom. The number of hydrogen-bond acceptors (Lipinski definition) is 4. The SMILES string of the molecule is CC(C)C1CCC(C)(C)c2cc3c(cc21)N(c1ccc(C(C)(C)C)cc1-c1ccccc1)c1cc(N2c4ccc(-c5cccnc5)cc4C4(C)CCCCC24C)cc2c1B3c1ccc(-c3ccccc3)cc1N2c1cccc(-c2ccccc2)c1. The van der Waals surface area contributed by atoms with Crippen LogP contribution < -0.4 is 31.1 Å². The van der Waals surface area contributed by atoms with Gasteiger partial charge in [0, 0.05) is 63.2 Å². The van der Waals surface area contributed by atoms with E-state index in [2.05, 4.69) is 288 Å². The van der Waals surface area contributed by atoms with Crippen molar-refractivity contribution in [2.75, 3.05) is 14.7 Å². The van der Waals surface area contributed by atoms with Crippen molar-refractivity contribution in [3.05, 3.63) is 241 Å². The quantitative estimate of drug-likeness (QED) is 0.141. The lowest BCUT2D eigenvalue weighted by atomic mass is 9.33. The lowest BCUT2D eigenvalue weighted by Crippen LogP contribution is -2.62. The fraction of sp³-hybridized carbons (Fsp3) is 0.263. The van der Waals surface area contributed by atoms with Crippen molar-refractivity contribution in [2.45, 2.75) is 129 Å². The first-order valence-electron chi connectivity index (χ1n) is 31.5. The number of aromatic nitrogens is 1. The molecule has 3 unspecified atom stereocenters. The molecule has 0 saturated heterocycles. The van der Waals surface area contributed by atoms with Crippen LogP contribution in [0.5, 0.6) is 0 Å². The summed E-state index contributed by atoms with van der Waals surface area (Å²) in [4.78, 5) is 12.9. The monoisotopic (exact) mass is 1100 g/mol. The Balaban J connectivity index is 1.09. The molecule has 0 amide bonds. The number of hydrogen-bond donors (Lipinski definition) is 0. The molecule has 1 fully saturated rings. The van der Waals surface area contributed by atoms with E-state index in [1.54, 1.807) is 0 Å². The molecule has 2 aliphatic carbocycles. The van der Waals surface area contributed by atoms with Crippen LogP contribution in [0.25, 0.3) is 44.5 Å². The molecular weight excluding hydrogens is 1030 g/mol. The number of benzene rings is 9. The van der Waals surface area contributed by atoms with Gasteiger partial charge in [-0.05, 0) is 200 Å². The summed E-state index contributed by atoms with van der Waals surface area (Å²) in [5.41, 5.74) is 28.9. The van der Waals surface area contributed by atoms with Crippen molar-refractivity contribution >= 4 is 68.6 Å². The van der Waals surface area contributed by atoms with Gasteiger partial charge in [0.25, 0.3) is 6.71 Å². The third-order valence-electron chi connectivity index (χ3n) is 21.1. The molecular formula is C80H77BN4. The normalized spacial score (nSPS) is 19.9. The number of anilines is 8. The van der Waals surface area contributed by atoms with Gasteiger partial charge in [-0.15, -0.1) is 0 Å². The van der Waals surface area contributed by atoms with Crippen LogP contribution in [0.1, 0.15) is 129 Å². The second-order valence-corrected chi connectivity index (χ2v) is 27.8. The highest BCUT2D eigenvalue weighted by Crippen LogP contribution is 2.63. The first-order chi connectivity index (χ1) is 41.1. The molecule has 5 aliphatic rings. The minimum absolute atomic E-state index is 0.00218. The number of rotatable bonds is 8. The summed E-state index contributed by atoms with van der Waals surface area (Å²) in [5.74, 6) is 0.934. The van der Waals surface area contributed by atoms with Crippen LogP contribution in [-0.2, 0) is 16.2 Å². The van der Waals surface area contributed by atoms with Crippen molar-refractivity contribution in [1.29, 1.82) is 0 Å². The Morgan fingerprint density at radius 1 is 0.482 bits per heavy atom. The number of fused-ring (bicyclic) bond motifs is 8. The van der Waals surface area contributed by atoms with Gasteiger partial charge < -0.3 is 14.7 Å². The van der Waals surface area contributed by atoms with Crippen LogP contribution in [-0.4, -0.2) is 17.2 Å². The topological polar surface area (TPSA) is 22.6 Å². The van der Waals surface area contributed by atoms with Crippen molar-refractivity contribution < 1.29 is 0 Å². The fourth-order valence-corrected chi connectivity index (χ4v) is 16.3. The van der Waals surface area contributed by atoms with E-state index >= 15 is 0 Å². The minimum atomic E-state index is -0.233. The predicted molar refractivity (Wildman–Crippen MR) is 361 cm³/mol. The lowest BCUT2D eigenvalue weighted by molar-refractivity contribution is 0.195. The van der Waals surface area contributed by atoms with Gasteiger partial charge in [-0.1, -0.05) is 208 Å². The van der Waals surface area contributed by atoms with Gasteiger partial charge in [0.2, 0.25) is 0 Å². The average Bonchev–Trinajstić information content (AvgIpc) is 1.70. The lowest BCUT2D eigenvalue weighted by Gasteiger charge is -2.51. The summed E-state index contributed by atoms with van der Waals surface area (Å²) in [7, 11) is 0. The molecule has 1 saturated carbocycles. The van der Waals surface area contributed by atoms with Crippen molar-refractivity contribution in [3.8, 4) is 44.5 Å². The average molecular weight is 1110 g/mol. The second kappa shape index (κ2) is 19.8. The molecule has 9 aromatic carbocycles. The zero-order chi connectivity index (χ0) is 58.1. The standard InChI is InChI=1S/C80H77BN4/c1-52(2)63-38-41-78(6,7)66-50-69-73(49-65(63)66)84(70-37-34-60(77(3,4)5)46-64(70)55-27-17-12-18-28-55)75-48-62(85-71-36-33-57(59-30-22-42-82-51-59)44-67(71)79(8)39-19-20-40-80(79,85)9)47-74-76(75)81(69)68-35-32-58(54-25-15-11-16-26-54)45-72(68)83(74)61-31-21-29-56(43-61)53-23-13-10-14-24-53/h10-18,21-37,42-52,63H,19-20,38-41H2,1-9H3. The molecule has 0 radical (unpaired) electrons. The highest BCUT2D eigenvalue weighted by molar-refractivity contribution is 7.00. The van der Waals surface area contributed by atoms with Gasteiger partial charge in [-0.3, -0.25) is 4.98 Å². The fourth-order valence-electron chi connectivity index (χ4n) is 16.3. The zero-order valence-electron chi connectivity index (χ0n) is 51.0. The summed E-state index contributed by atoms with van der Waals surface area (Å²) < 4.78 is 0. The summed E-state index contributed by atoms with van der Waals surface area (Å²) in [6.07, 6.45) is 10.8. The molecule has 5 heteroatoms. The molecule has 3 atom stereocenters. The summed E-state index contributed by atoms with van der Waals surface area (Å²) in [5, 5.41) is 0. The van der Waals surface area contributed by atoms with E-state index in [0.29, 0.717) is 11.8 Å². The second-order valence-electron chi connectivity index (χ2n) is 27.8. The largest absolute Gasteiger partial charge is 0.334 e. The minimum Gasteiger partial charge on any atom is -0.334 e. The maximum Gasteiger partial charge on any atom is 0.252 e. The molecule has 4 nitrogen and oxygen atoms in total. The van der Waals surface area contributed by atoms with Gasteiger partial charge in [-0.25, -0.2) is 0 Å². The number of nitrogens with zero attached hydrogens (tertiary/aromatic N) is 4. The van der Waals surface area contributed by atoms with Crippen LogP contribution in [0.15, 0.2) is 219 Å². The van der Waals surface area contributed by atoms with E-state index in [1.165, 1.54) is 137 Å². The highest BCUT2D eigenvalue weighted by atomic mass is 15.3. The molecule has 15 rings (SSSR count). The van der Waals surface area contributed by atoms with Crippen molar-refractivity contribution in [2.24, 2.45) is 5.92 Å². The molecule has 3 aliphatic heterocycles. The molecule has 0 bridgehead atoms. The van der Waals surface area contributed by atoms with E-state index in [-0.39, 0.29) is 28.5 Å². The number of pyridine rings is 1. The summed E-state index contributed by atoms with van der Waals surface area (Å²) in [6.45, 7) is 22.1.